The topological polar surface area (TPSA) is 66.8 Å². The van der Waals surface area contributed by atoms with E-state index in [4.69, 9.17) is 9.84 Å². The van der Waals surface area contributed by atoms with Gasteiger partial charge >= 0.3 is 5.97 Å². The van der Waals surface area contributed by atoms with Gasteiger partial charge in [0.2, 0.25) is 0 Å². The largest absolute Gasteiger partial charge is 0.478 e. The summed E-state index contributed by atoms with van der Waals surface area (Å²) in [6.07, 6.45) is 2.61. The molecule has 0 spiro atoms. The molecule has 0 aromatic heterocycles. The third-order valence-corrected chi connectivity index (χ3v) is 3.16. The molecule has 114 valence electrons. The zero-order valence-corrected chi connectivity index (χ0v) is 12.8. The molecule has 0 unspecified atom stereocenters. The van der Waals surface area contributed by atoms with Crippen LogP contribution in [0.2, 0.25) is 0 Å². The van der Waals surface area contributed by atoms with E-state index in [2.05, 4.69) is 0 Å². The van der Waals surface area contributed by atoms with E-state index in [0.29, 0.717) is 6.54 Å². The molecule has 5 heteroatoms. The van der Waals surface area contributed by atoms with Crippen LogP contribution in [-0.2, 0) is 20.9 Å². The quantitative estimate of drug-likeness (QED) is 0.816. The first-order valence-corrected chi connectivity index (χ1v) is 6.57. The van der Waals surface area contributed by atoms with Crippen molar-refractivity contribution in [3.63, 3.8) is 0 Å². The highest BCUT2D eigenvalue weighted by molar-refractivity contribution is 5.85. The Morgan fingerprint density at radius 2 is 2.05 bits per heavy atom. The minimum atomic E-state index is -0.991. The maximum absolute atomic E-state index is 12.2. The maximum Gasteiger partial charge on any atom is 0.328 e. The smallest absolute Gasteiger partial charge is 0.328 e. The fourth-order valence-electron chi connectivity index (χ4n) is 1.86. The number of amides is 1. The molecule has 1 aromatic rings. The maximum atomic E-state index is 12.2. The van der Waals surface area contributed by atoms with Gasteiger partial charge in [0, 0.05) is 26.8 Å². The molecule has 0 radical (unpaired) electrons. The van der Waals surface area contributed by atoms with Crippen molar-refractivity contribution < 1.29 is 19.4 Å². The zero-order chi connectivity index (χ0) is 16.0. The molecular formula is C16H21NO4. The summed E-state index contributed by atoms with van der Waals surface area (Å²) in [5.74, 6) is -1.11. The molecule has 21 heavy (non-hydrogen) atoms. The minimum absolute atomic E-state index is 0.114. The second kappa shape index (κ2) is 7.04. The van der Waals surface area contributed by atoms with Crippen LogP contribution in [0.15, 0.2) is 30.3 Å². The van der Waals surface area contributed by atoms with Crippen molar-refractivity contribution in [3.8, 4) is 0 Å². The lowest BCUT2D eigenvalue weighted by molar-refractivity contribution is -0.150. The molecule has 5 nitrogen and oxygen atoms in total. The highest BCUT2D eigenvalue weighted by atomic mass is 16.5. The number of methoxy groups -OCH3 is 1. The van der Waals surface area contributed by atoms with Gasteiger partial charge in [-0.3, -0.25) is 4.79 Å². The predicted molar refractivity (Wildman–Crippen MR) is 80.7 cm³/mol. The van der Waals surface area contributed by atoms with Crippen molar-refractivity contribution in [2.24, 2.45) is 0 Å². The Kier molecular flexibility index (Phi) is 5.67. The van der Waals surface area contributed by atoms with Gasteiger partial charge in [0.1, 0.15) is 5.60 Å². The Morgan fingerprint density at radius 1 is 1.38 bits per heavy atom. The average Bonchev–Trinajstić information content (AvgIpc) is 2.44. The molecule has 0 saturated carbocycles. The number of aliphatic carboxylic acids is 1. The number of hydrogen-bond acceptors (Lipinski definition) is 3. The molecular weight excluding hydrogens is 270 g/mol. The molecule has 1 N–H and O–H groups in total. The SMILES string of the molecule is COC(C)(C)C(=O)N(C)Cc1cccc(/C=C/C(=O)O)c1. The Hall–Kier alpha value is -2.14. The van der Waals surface area contributed by atoms with Crippen molar-refractivity contribution >= 4 is 18.0 Å². The van der Waals surface area contributed by atoms with Crippen LogP contribution in [0.4, 0.5) is 0 Å². The van der Waals surface area contributed by atoms with Gasteiger partial charge in [-0.15, -0.1) is 0 Å². The number of nitrogens with zero attached hydrogens (tertiary/aromatic N) is 1. The van der Waals surface area contributed by atoms with Gasteiger partial charge in [-0.1, -0.05) is 18.2 Å². The number of ether oxygens (including phenoxy) is 1. The summed E-state index contributed by atoms with van der Waals surface area (Å²) in [7, 11) is 3.21. The fraction of sp³-hybridized carbons (Fsp3) is 0.375. The van der Waals surface area contributed by atoms with E-state index < -0.39 is 11.6 Å². The summed E-state index contributed by atoms with van der Waals surface area (Å²) in [6, 6.07) is 7.38. The van der Waals surface area contributed by atoms with E-state index >= 15 is 0 Å². The monoisotopic (exact) mass is 291 g/mol. The molecule has 0 aliphatic heterocycles. The minimum Gasteiger partial charge on any atom is -0.478 e. The van der Waals surface area contributed by atoms with E-state index in [1.165, 1.54) is 13.2 Å². The highest BCUT2D eigenvalue weighted by Gasteiger charge is 2.29. The number of carbonyl (C=O) groups excluding carboxylic acids is 1. The third kappa shape index (κ3) is 5.04. The van der Waals surface area contributed by atoms with E-state index in [1.807, 2.05) is 24.3 Å². The van der Waals surface area contributed by atoms with Gasteiger partial charge in [-0.05, 0) is 37.1 Å². The van der Waals surface area contributed by atoms with Crippen LogP contribution in [0.1, 0.15) is 25.0 Å². The zero-order valence-electron chi connectivity index (χ0n) is 12.8. The molecule has 0 bridgehead atoms. The van der Waals surface area contributed by atoms with Crippen LogP contribution in [0.25, 0.3) is 6.08 Å². The number of carbonyl (C=O) groups is 2. The lowest BCUT2D eigenvalue weighted by atomic mass is 10.1. The van der Waals surface area contributed by atoms with Gasteiger partial charge in [-0.25, -0.2) is 4.79 Å². The first-order valence-electron chi connectivity index (χ1n) is 6.57. The molecule has 1 aromatic carbocycles. The Balaban J connectivity index is 2.82. The first-order chi connectivity index (χ1) is 9.76. The summed E-state index contributed by atoms with van der Waals surface area (Å²) >= 11 is 0. The summed E-state index contributed by atoms with van der Waals surface area (Å²) in [5.41, 5.74) is 0.835. The molecule has 0 heterocycles. The van der Waals surface area contributed by atoms with Crippen molar-refractivity contribution in [3.05, 3.63) is 41.5 Å². The molecule has 0 saturated heterocycles. The van der Waals surface area contributed by atoms with Crippen molar-refractivity contribution in [2.45, 2.75) is 26.0 Å². The molecule has 0 aliphatic carbocycles. The van der Waals surface area contributed by atoms with Crippen molar-refractivity contribution in [1.29, 1.82) is 0 Å². The summed E-state index contributed by atoms with van der Waals surface area (Å²) < 4.78 is 5.18. The highest BCUT2D eigenvalue weighted by Crippen LogP contribution is 2.15. The van der Waals surface area contributed by atoms with E-state index in [-0.39, 0.29) is 5.91 Å². The molecule has 0 fully saturated rings. The third-order valence-electron chi connectivity index (χ3n) is 3.16. The second-order valence-corrected chi connectivity index (χ2v) is 5.29. The molecule has 1 amide bonds. The normalized spacial score (nSPS) is 11.6. The van der Waals surface area contributed by atoms with Crippen LogP contribution in [0.5, 0.6) is 0 Å². The number of carboxylic acids is 1. The lowest BCUT2D eigenvalue weighted by Gasteiger charge is -2.28. The predicted octanol–water partition coefficient (Wildman–Crippen LogP) is 2.17. The number of hydrogen-bond donors (Lipinski definition) is 1. The summed E-state index contributed by atoms with van der Waals surface area (Å²) in [6.45, 7) is 3.87. The van der Waals surface area contributed by atoms with Crippen molar-refractivity contribution in [1.82, 2.24) is 4.90 Å². The molecule has 0 aliphatic rings. The van der Waals surface area contributed by atoms with Crippen LogP contribution < -0.4 is 0 Å². The second-order valence-electron chi connectivity index (χ2n) is 5.29. The molecule has 0 atom stereocenters. The summed E-state index contributed by atoms with van der Waals surface area (Å²) in [5, 5.41) is 8.63. The average molecular weight is 291 g/mol. The van der Waals surface area contributed by atoms with E-state index in [9.17, 15) is 9.59 Å². The van der Waals surface area contributed by atoms with Gasteiger partial charge in [0.25, 0.3) is 5.91 Å². The number of carboxylic acid groups (broad SMARTS) is 1. The van der Waals surface area contributed by atoms with Crippen LogP contribution in [-0.4, -0.2) is 41.6 Å². The Labute approximate surface area is 124 Å². The molecule has 1 rings (SSSR count). The number of benzene rings is 1. The lowest BCUT2D eigenvalue weighted by Crippen LogP contribution is -2.44. The van der Waals surface area contributed by atoms with Crippen LogP contribution >= 0.6 is 0 Å². The fourth-order valence-corrected chi connectivity index (χ4v) is 1.86. The number of likely N-dealkylation sites (N-methyl/N-ethyl adjacent to an activating group) is 1. The van der Waals surface area contributed by atoms with Crippen LogP contribution in [0, 0.1) is 0 Å². The van der Waals surface area contributed by atoms with Gasteiger partial charge in [0.15, 0.2) is 0 Å². The Morgan fingerprint density at radius 3 is 2.62 bits per heavy atom. The van der Waals surface area contributed by atoms with Crippen molar-refractivity contribution in [2.75, 3.05) is 14.2 Å². The first kappa shape index (κ1) is 16.9. The van der Waals surface area contributed by atoms with E-state index in [0.717, 1.165) is 17.2 Å². The van der Waals surface area contributed by atoms with Gasteiger partial charge in [0.05, 0.1) is 0 Å². The Bertz CT molecular complexity index is 549. The van der Waals surface area contributed by atoms with Gasteiger partial charge in [-0.2, -0.15) is 0 Å². The van der Waals surface area contributed by atoms with E-state index in [1.54, 1.807) is 25.8 Å². The van der Waals surface area contributed by atoms with Gasteiger partial charge < -0.3 is 14.7 Å². The number of rotatable bonds is 6. The van der Waals surface area contributed by atoms with Crippen LogP contribution in [0.3, 0.4) is 0 Å². The standard InChI is InChI=1S/C16H21NO4/c1-16(2,21-4)15(20)17(3)11-13-7-5-6-12(10-13)8-9-14(18)19/h5-10H,11H2,1-4H3,(H,18,19)/b9-8+. The summed E-state index contributed by atoms with van der Waals surface area (Å²) in [4.78, 5) is 24.3.